The number of hydrogen-bond donors (Lipinski definition) is 2. The number of nitrogens with one attached hydrogen (secondary N) is 1. The Morgan fingerprint density at radius 3 is 2.56 bits per heavy atom. The van der Waals surface area contributed by atoms with Crippen LogP contribution in [0.2, 0.25) is 0 Å². The van der Waals surface area contributed by atoms with Crippen LogP contribution in [0.3, 0.4) is 0 Å². The number of rotatable bonds is 4. The van der Waals surface area contributed by atoms with Gasteiger partial charge in [0.1, 0.15) is 0 Å². The molecule has 2 heterocycles. The molecule has 1 aliphatic heterocycles. The number of benzene rings is 1. The van der Waals surface area contributed by atoms with Crippen LogP contribution in [0.4, 0.5) is 0 Å². The van der Waals surface area contributed by atoms with Crippen molar-refractivity contribution in [3.05, 3.63) is 36.0 Å². The van der Waals surface area contributed by atoms with Crippen LogP contribution in [0.25, 0.3) is 10.9 Å². The topological polar surface area (TPSA) is 59.6 Å². The zero-order chi connectivity index (χ0) is 18.0. The molecule has 1 fully saturated rings. The van der Waals surface area contributed by atoms with Crippen molar-refractivity contribution in [2.24, 2.45) is 5.41 Å². The van der Waals surface area contributed by atoms with E-state index in [1.54, 1.807) is 0 Å². The minimum absolute atomic E-state index is 0.109. The van der Waals surface area contributed by atoms with Crippen LogP contribution in [-0.2, 0) is 11.2 Å². The summed E-state index contributed by atoms with van der Waals surface area (Å²) in [5.41, 5.74) is 2.03. The lowest BCUT2D eigenvalue weighted by Crippen LogP contribution is -2.52. The van der Waals surface area contributed by atoms with E-state index in [0.29, 0.717) is 13.0 Å². The van der Waals surface area contributed by atoms with E-state index >= 15 is 0 Å². The number of carbonyl (C=O) groups is 1. The van der Waals surface area contributed by atoms with Crippen molar-refractivity contribution in [1.82, 2.24) is 14.8 Å². The Kier molecular flexibility index (Phi) is 5.16. The van der Waals surface area contributed by atoms with Gasteiger partial charge in [0.05, 0.1) is 12.5 Å². The Morgan fingerprint density at radius 1 is 1.20 bits per heavy atom. The predicted octanol–water partition coefficient (Wildman–Crippen LogP) is 2.26. The number of fused-ring (bicyclic) bond motifs is 1. The summed E-state index contributed by atoms with van der Waals surface area (Å²) >= 11 is 0. The Bertz CT molecular complexity index is 724. The van der Waals surface area contributed by atoms with Gasteiger partial charge in [-0.05, 0) is 17.0 Å². The van der Waals surface area contributed by atoms with Crippen LogP contribution < -0.4 is 0 Å². The maximum absolute atomic E-state index is 12.6. The third-order valence-electron chi connectivity index (χ3n) is 5.17. The minimum atomic E-state index is -0.346. The summed E-state index contributed by atoms with van der Waals surface area (Å²) in [4.78, 5) is 20.1. The highest BCUT2D eigenvalue weighted by atomic mass is 16.3. The number of para-hydroxylation sites is 1. The number of H-pyrrole nitrogens is 1. The van der Waals surface area contributed by atoms with Gasteiger partial charge in [0, 0.05) is 49.8 Å². The SMILES string of the molecule is CC(C)(C)C(O)CN1CCN(C(=O)Cc2c[nH]c3ccccc23)CC1. The number of nitrogens with zero attached hydrogens (tertiary/aromatic N) is 2. The molecule has 3 rings (SSSR count). The molecule has 136 valence electrons. The molecule has 0 radical (unpaired) electrons. The zero-order valence-corrected chi connectivity index (χ0v) is 15.5. The summed E-state index contributed by atoms with van der Waals surface area (Å²) in [6, 6.07) is 8.09. The maximum atomic E-state index is 12.6. The fourth-order valence-electron chi connectivity index (χ4n) is 3.25. The van der Waals surface area contributed by atoms with Crippen molar-refractivity contribution in [3.63, 3.8) is 0 Å². The quantitative estimate of drug-likeness (QED) is 0.895. The number of β-amino-alcohol motifs (C(OH)–C–C–N with tert-alkyl or cyclic N) is 1. The Labute approximate surface area is 149 Å². The third-order valence-corrected chi connectivity index (χ3v) is 5.17. The van der Waals surface area contributed by atoms with Gasteiger partial charge < -0.3 is 15.0 Å². The third kappa shape index (κ3) is 4.22. The Balaban J connectivity index is 1.53. The number of aromatic amines is 1. The monoisotopic (exact) mass is 343 g/mol. The highest BCUT2D eigenvalue weighted by Gasteiger charge is 2.27. The van der Waals surface area contributed by atoms with E-state index in [0.717, 1.165) is 42.6 Å². The first kappa shape index (κ1) is 18.0. The maximum Gasteiger partial charge on any atom is 0.227 e. The lowest BCUT2D eigenvalue weighted by atomic mass is 9.89. The molecule has 5 heteroatoms. The second-order valence-electron chi connectivity index (χ2n) is 8.10. The van der Waals surface area contributed by atoms with Gasteiger partial charge in [-0.15, -0.1) is 0 Å². The predicted molar refractivity (Wildman–Crippen MR) is 100 cm³/mol. The second kappa shape index (κ2) is 7.18. The van der Waals surface area contributed by atoms with E-state index < -0.39 is 0 Å². The number of carbonyl (C=O) groups excluding carboxylic acids is 1. The van der Waals surface area contributed by atoms with Crippen LogP contribution in [0.1, 0.15) is 26.3 Å². The van der Waals surface area contributed by atoms with E-state index in [1.807, 2.05) is 29.3 Å². The number of hydrogen-bond acceptors (Lipinski definition) is 3. The standard InChI is InChI=1S/C20H29N3O2/c1-20(2,3)18(24)14-22-8-10-23(11-9-22)19(25)12-15-13-21-17-7-5-4-6-16(15)17/h4-7,13,18,21,24H,8-12,14H2,1-3H3. The molecule has 5 nitrogen and oxygen atoms in total. The van der Waals surface area contributed by atoms with Crippen molar-refractivity contribution in [3.8, 4) is 0 Å². The first-order valence-electron chi connectivity index (χ1n) is 9.08. The molecule has 1 aromatic heterocycles. The van der Waals surface area contributed by atoms with Crippen molar-refractivity contribution in [1.29, 1.82) is 0 Å². The molecular formula is C20H29N3O2. The van der Waals surface area contributed by atoms with Crippen LogP contribution in [0, 0.1) is 5.41 Å². The van der Waals surface area contributed by atoms with E-state index in [-0.39, 0.29) is 17.4 Å². The summed E-state index contributed by atoms with van der Waals surface area (Å²) in [5.74, 6) is 0.181. The number of aliphatic hydroxyl groups excluding tert-OH is 1. The average molecular weight is 343 g/mol. The smallest absolute Gasteiger partial charge is 0.227 e. The fourth-order valence-corrected chi connectivity index (χ4v) is 3.25. The summed E-state index contributed by atoms with van der Waals surface area (Å²) in [6.07, 6.45) is 2.04. The van der Waals surface area contributed by atoms with E-state index in [1.165, 1.54) is 0 Å². The largest absolute Gasteiger partial charge is 0.391 e. The van der Waals surface area contributed by atoms with Gasteiger partial charge in [-0.1, -0.05) is 39.0 Å². The molecule has 1 aliphatic rings. The molecule has 0 saturated carbocycles. The second-order valence-corrected chi connectivity index (χ2v) is 8.10. The molecule has 25 heavy (non-hydrogen) atoms. The molecule has 0 aliphatic carbocycles. The molecule has 2 aromatic rings. The van der Waals surface area contributed by atoms with E-state index in [2.05, 4.69) is 36.7 Å². The number of aliphatic hydroxyl groups is 1. The Hall–Kier alpha value is -1.85. The fraction of sp³-hybridized carbons (Fsp3) is 0.550. The van der Waals surface area contributed by atoms with Gasteiger partial charge in [0.25, 0.3) is 0 Å². The summed E-state index contributed by atoms with van der Waals surface area (Å²) in [5, 5.41) is 11.4. The number of piperazine rings is 1. The van der Waals surface area contributed by atoms with Gasteiger partial charge in [-0.25, -0.2) is 0 Å². The van der Waals surface area contributed by atoms with Gasteiger partial charge in [-0.2, -0.15) is 0 Å². The lowest BCUT2D eigenvalue weighted by molar-refractivity contribution is -0.132. The molecule has 1 amide bonds. The highest BCUT2D eigenvalue weighted by Crippen LogP contribution is 2.21. The number of aromatic nitrogens is 1. The summed E-state index contributed by atoms with van der Waals surface area (Å²) in [7, 11) is 0. The molecule has 0 bridgehead atoms. The first-order valence-corrected chi connectivity index (χ1v) is 9.08. The average Bonchev–Trinajstić information content (AvgIpc) is 2.98. The Morgan fingerprint density at radius 2 is 1.88 bits per heavy atom. The van der Waals surface area contributed by atoms with E-state index in [9.17, 15) is 9.90 Å². The summed E-state index contributed by atoms with van der Waals surface area (Å²) < 4.78 is 0. The highest BCUT2D eigenvalue weighted by molar-refractivity contribution is 5.88. The van der Waals surface area contributed by atoms with Gasteiger partial charge in [0.2, 0.25) is 5.91 Å². The van der Waals surface area contributed by atoms with Crippen molar-refractivity contribution in [2.75, 3.05) is 32.7 Å². The van der Waals surface area contributed by atoms with Crippen molar-refractivity contribution in [2.45, 2.75) is 33.3 Å². The lowest BCUT2D eigenvalue weighted by Gasteiger charge is -2.38. The minimum Gasteiger partial charge on any atom is -0.391 e. The van der Waals surface area contributed by atoms with Gasteiger partial charge in [-0.3, -0.25) is 9.69 Å². The molecule has 1 saturated heterocycles. The van der Waals surface area contributed by atoms with Crippen LogP contribution in [0.5, 0.6) is 0 Å². The molecule has 1 aromatic carbocycles. The molecule has 2 N–H and O–H groups in total. The van der Waals surface area contributed by atoms with Crippen molar-refractivity contribution < 1.29 is 9.90 Å². The van der Waals surface area contributed by atoms with Crippen LogP contribution in [-0.4, -0.2) is 64.6 Å². The zero-order valence-electron chi connectivity index (χ0n) is 15.5. The molecule has 1 unspecified atom stereocenters. The molecular weight excluding hydrogens is 314 g/mol. The molecule has 0 spiro atoms. The van der Waals surface area contributed by atoms with Crippen LogP contribution in [0.15, 0.2) is 30.5 Å². The van der Waals surface area contributed by atoms with Crippen LogP contribution >= 0.6 is 0 Å². The summed E-state index contributed by atoms with van der Waals surface area (Å²) in [6.45, 7) is 9.96. The van der Waals surface area contributed by atoms with Gasteiger partial charge >= 0.3 is 0 Å². The van der Waals surface area contributed by atoms with Gasteiger partial charge in [0.15, 0.2) is 0 Å². The van der Waals surface area contributed by atoms with Crippen molar-refractivity contribution >= 4 is 16.8 Å². The normalized spacial score (nSPS) is 17.8. The first-order chi connectivity index (χ1) is 11.8. The molecule has 1 atom stereocenters. The van der Waals surface area contributed by atoms with E-state index in [4.69, 9.17) is 0 Å². The number of amides is 1.